The number of carbonyl (C=O) groups is 2. The smallest absolute Gasteiger partial charge is 0.447 e. The van der Waals surface area contributed by atoms with E-state index in [9.17, 15) is 9.59 Å². The van der Waals surface area contributed by atoms with Gasteiger partial charge in [0.05, 0.1) is 13.7 Å². The van der Waals surface area contributed by atoms with Gasteiger partial charge in [0.15, 0.2) is 11.4 Å². The lowest BCUT2D eigenvalue weighted by molar-refractivity contribution is -0.183. The topological polar surface area (TPSA) is 74.3 Å². The van der Waals surface area contributed by atoms with Gasteiger partial charge in [-0.15, -0.1) is 0 Å². The molecule has 0 amide bonds. The molecule has 1 fully saturated rings. The zero-order chi connectivity index (χ0) is 19.6. The number of piperidine rings is 1. The van der Waals surface area contributed by atoms with Gasteiger partial charge >= 0.3 is 12.1 Å². The van der Waals surface area contributed by atoms with Crippen molar-refractivity contribution in [1.82, 2.24) is 5.06 Å². The summed E-state index contributed by atoms with van der Waals surface area (Å²) in [7, 11) is 1.60. The highest BCUT2D eigenvalue weighted by Gasteiger charge is 2.53. The van der Waals surface area contributed by atoms with Crippen molar-refractivity contribution >= 4 is 17.7 Å². The number of aryl methyl sites for hydroxylation is 2. The van der Waals surface area contributed by atoms with Crippen molar-refractivity contribution < 1.29 is 28.6 Å². The number of hydrogen-bond donors (Lipinski definition) is 0. The predicted octanol–water partition coefficient (Wildman–Crippen LogP) is 3.14. The molecule has 0 aromatic heterocycles. The summed E-state index contributed by atoms with van der Waals surface area (Å²) in [5, 5.41) is 1.79. The van der Waals surface area contributed by atoms with Crippen LogP contribution in [0.3, 0.4) is 0 Å². The van der Waals surface area contributed by atoms with E-state index in [-0.39, 0.29) is 12.4 Å². The lowest BCUT2D eigenvalue weighted by atomic mass is 9.86. The third kappa shape index (κ3) is 3.57. The first-order valence-corrected chi connectivity index (χ1v) is 9.10. The van der Waals surface area contributed by atoms with Gasteiger partial charge in [0, 0.05) is 25.9 Å². The Morgan fingerprint density at radius 1 is 1.22 bits per heavy atom. The van der Waals surface area contributed by atoms with Crippen LogP contribution in [0, 0.1) is 13.8 Å². The zero-order valence-electron chi connectivity index (χ0n) is 16.2. The van der Waals surface area contributed by atoms with Crippen molar-refractivity contribution in [2.24, 2.45) is 0 Å². The van der Waals surface area contributed by atoms with E-state index in [1.54, 1.807) is 19.1 Å². The van der Waals surface area contributed by atoms with Crippen molar-refractivity contribution in [3.8, 4) is 0 Å². The van der Waals surface area contributed by atoms with Crippen molar-refractivity contribution in [3.63, 3.8) is 0 Å². The van der Waals surface area contributed by atoms with Crippen LogP contribution < -0.4 is 0 Å². The standard InChI is InChI=1S/C20H25NO6/c1-5-25-19(23)26-17-16(15-13(2)7-6-8-14(15)3)18(22)27-20(17)9-11-21(24-4)12-10-20/h6-8H,5,9-12H2,1-4H3. The molecule has 1 aromatic carbocycles. The molecular weight excluding hydrogens is 350 g/mol. The van der Waals surface area contributed by atoms with Gasteiger partial charge < -0.3 is 19.0 Å². The molecular formula is C20H25NO6. The van der Waals surface area contributed by atoms with Crippen LogP contribution in [0.2, 0.25) is 0 Å². The molecule has 2 aliphatic heterocycles. The van der Waals surface area contributed by atoms with Gasteiger partial charge in [-0.3, -0.25) is 0 Å². The zero-order valence-corrected chi connectivity index (χ0v) is 16.2. The van der Waals surface area contributed by atoms with E-state index in [1.807, 2.05) is 32.0 Å². The maximum atomic E-state index is 12.9. The Hall–Kier alpha value is -2.38. The number of hydroxylamine groups is 2. The predicted molar refractivity (Wildman–Crippen MR) is 97.6 cm³/mol. The largest absolute Gasteiger partial charge is 0.513 e. The summed E-state index contributed by atoms with van der Waals surface area (Å²) in [6.07, 6.45) is 0.106. The van der Waals surface area contributed by atoms with Gasteiger partial charge in [-0.2, -0.15) is 5.06 Å². The van der Waals surface area contributed by atoms with E-state index in [2.05, 4.69) is 0 Å². The molecule has 0 aliphatic carbocycles. The van der Waals surface area contributed by atoms with Crippen LogP contribution in [0.1, 0.15) is 36.5 Å². The van der Waals surface area contributed by atoms with Crippen molar-refractivity contribution in [1.29, 1.82) is 0 Å². The first kappa shape index (κ1) is 19.4. The molecule has 1 spiro atoms. The molecule has 2 heterocycles. The van der Waals surface area contributed by atoms with Crippen molar-refractivity contribution in [3.05, 3.63) is 40.6 Å². The maximum Gasteiger partial charge on any atom is 0.513 e. The summed E-state index contributed by atoms with van der Waals surface area (Å²) < 4.78 is 16.4. The van der Waals surface area contributed by atoms with Crippen LogP contribution in [-0.2, 0) is 23.8 Å². The van der Waals surface area contributed by atoms with Crippen molar-refractivity contribution in [2.75, 3.05) is 26.8 Å². The van der Waals surface area contributed by atoms with Gasteiger partial charge in [-0.05, 0) is 37.5 Å². The SMILES string of the molecule is CCOC(=O)OC1=C(c2c(C)cccc2C)C(=O)OC12CCN(OC)CC2. The van der Waals surface area contributed by atoms with Gasteiger partial charge in [0.2, 0.25) is 0 Å². The fraction of sp³-hybridized carbons (Fsp3) is 0.500. The molecule has 7 heteroatoms. The highest BCUT2D eigenvalue weighted by molar-refractivity contribution is 6.20. The third-order valence-electron chi connectivity index (χ3n) is 5.10. The Kier molecular flexibility index (Phi) is 5.53. The fourth-order valence-corrected chi connectivity index (χ4v) is 3.75. The van der Waals surface area contributed by atoms with E-state index in [0.717, 1.165) is 16.7 Å². The van der Waals surface area contributed by atoms with E-state index >= 15 is 0 Å². The van der Waals surface area contributed by atoms with E-state index < -0.39 is 17.7 Å². The number of benzene rings is 1. The molecule has 1 aromatic rings. The second-order valence-electron chi connectivity index (χ2n) is 6.75. The average molecular weight is 375 g/mol. The summed E-state index contributed by atoms with van der Waals surface area (Å²) in [4.78, 5) is 30.3. The number of carbonyl (C=O) groups excluding carboxylic acids is 2. The number of nitrogens with zero attached hydrogens (tertiary/aromatic N) is 1. The molecule has 0 saturated carbocycles. The lowest BCUT2D eigenvalue weighted by Crippen LogP contribution is -2.46. The van der Waals surface area contributed by atoms with Crippen LogP contribution >= 0.6 is 0 Å². The van der Waals surface area contributed by atoms with Crippen LogP contribution in [0.25, 0.3) is 5.57 Å². The molecule has 0 N–H and O–H groups in total. The molecule has 3 rings (SSSR count). The normalized spacial score (nSPS) is 19.3. The van der Waals surface area contributed by atoms with Crippen LogP contribution in [0.5, 0.6) is 0 Å². The molecule has 0 bridgehead atoms. The minimum atomic E-state index is -0.983. The minimum Gasteiger partial charge on any atom is -0.447 e. The minimum absolute atomic E-state index is 0.185. The second kappa shape index (κ2) is 7.70. The molecule has 146 valence electrons. The molecule has 1 saturated heterocycles. The van der Waals surface area contributed by atoms with Gasteiger partial charge in [-0.1, -0.05) is 18.2 Å². The van der Waals surface area contributed by atoms with Crippen LogP contribution in [-0.4, -0.2) is 49.6 Å². The highest BCUT2D eigenvalue weighted by Crippen LogP contribution is 2.46. The highest BCUT2D eigenvalue weighted by atomic mass is 16.7. The van der Waals surface area contributed by atoms with Crippen molar-refractivity contribution in [2.45, 2.75) is 39.2 Å². The molecule has 27 heavy (non-hydrogen) atoms. The second-order valence-corrected chi connectivity index (χ2v) is 6.75. The Morgan fingerprint density at radius 3 is 2.41 bits per heavy atom. The average Bonchev–Trinajstić information content (AvgIpc) is 2.88. The molecule has 2 aliphatic rings. The van der Waals surface area contributed by atoms with E-state index in [0.29, 0.717) is 31.5 Å². The number of ether oxygens (including phenoxy) is 3. The molecule has 7 nitrogen and oxygen atoms in total. The Bertz CT molecular complexity index is 756. The quantitative estimate of drug-likeness (QED) is 0.749. The van der Waals surface area contributed by atoms with Crippen LogP contribution in [0.4, 0.5) is 4.79 Å². The van der Waals surface area contributed by atoms with E-state index in [1.165, 1.54) is 0 Å². The van der Waals surface area contributed by atoms with E-state index in [4.69, 9.17) is 19.0 Å². The third-order valence-corrected chi connectivity index (χ3v) is 5.10. The summed E-state index contributed by atoms with van der Waals surface area (Å²) >= 11 is 0. The molecule has 0 atom stereocenters. The summed E-state index contributed by atoms with van der Waals surface area (Å²) in [5.74, 6) is -0.225. The number of esters is 1. The first-order chi connectivity index (χ1) is 12.9. The van der Waals surface area contributed by atoms with Gasteiger partial charge in [0.25, 0.3) is 0 Å². The lowest BCUT2D eigenvalue weighted by Gasteiger charge is -2.37. The Morgan fingerprint density at radius 2 is 1.85 bits per heavy atom. The molecule has 0 unspecified atom stereocenters. The summed E-state index contributed by atoms with van der Waals surface area (Å²) in [5.41, 5.74) is 1.90. The fourth-order valence-electron chi connectivity index (χ4n) is 3.75. The van der Waals surface area contributed by atoms with Gasteiger partial charge in [0.1, 0.15) is 5.57 Å². The van der Waals surface area contributed by atoms with Gasteiger partial charge in [-0.25, -0.2) is 9.59 Å². The molecule has 0 radical (unpaired) electrons. The Labute approximate surface area is 158 Å². The Balaban J connectivity index is 2.10. The summed E-state index contributed by atoms with van der Waals surface area (Å²) in [6, 6.07) is 5.76. The number of rotatable bonds is 4. The number of hydrogen-bond acceptors (Lipinski definition) is 7. The summed E-state index contributed by atoms with van der Waals surface area (Å²) in [6.45, 7) is 6.83. The maximum absolute atomic E-state index is 12.9. The monoisotopic (exact) mass is 375 g/mol. The first-order valence-electron chi connectivity index (χ1n) is 9.10. The van der Waals surface area contributed by atoms with Crippen LogP contribution in [0.15, 0.2) is 24.0 Å².